The van der Waals surface area contributed by atoms with Crippen molar-refractivity contribution in [1.29, 1.82) is 0 Å². The number of rotatable bonds is 7. The maximum Gasteiger partial charge on any atom is 0.273 e. The maximum absolute atomic E-state index is 11.3. The van der Waals surface area contributed by atoms with Gasteiger partial charge in [-0.25, -0.2) is 0 Å². The number of nitrogens with one attached hydrogen (secondary N) is 1. The van der Waals surface area contributed by atoms with Crippen LogP contribution in [0.1, 0.15) is 0 Å². The summed E-state index contributed by atoms with van der Waals surface area (Å²) in [6.07, 6.45) is 0. The molecule has 0 saturated heterocycles. The van der Waals surface area contributed by atoms with E-state index in [1.165, 1.54) is 25.3 Å². The number of hydrogen-bond acceptors (Lipinski definition) is 5. The smallest absolute Gasteiger partial charge is 0.273 e. The molecule has 0 unspecified atom stereocenters. The van der Waals surface area contributed by atoms with E-state index < -0.39 is 4.92 Å². The Hall–Kier alpha value is -2.15. The van der Waals surface area contributed by atoms with E-state index in [9.17, 15) is 14.9 Å². The minimum Gasteiger partial charge on any atom is -0.484 e. The molecule has 7 nitrogen and oxygen atoms in total. The molecule has 18 heavy (non-hydrogen) atoms. The molecule has 0 aliphatic carbocycles. The average molecular weight is 254 g/mol. The van der Waals surface area contributed by atoms with Crippen molar-refractivity contribution in [3.63, 3.8) is 0 Å². The van der Waals surface area contributed by atoms with E-state index in [1.807, 2.05) is 0 Å². The quantitative estimate of drug-likeness (QED) is 0.440. The van der Waals surface area contributed by atoms with E-state index in [-0.39, 0.29) is 24.0 Å². The number of ether oxygens (including phenoxy) is 2. The standard InChI is InChI=1S/C11H14N2O5/c1-17-6-5-12-11(14)8-18-10-4-2-3-9(7-10)13(15)16/h2-4,7H,5-6,8H2,1H3,(H,12,14). The highest BCUT2D eigenvalue weighted by Crippen LogP contribution is 2.18. The van der Waals surface area contributed by atoms with Gasteiger partial charge < -0.3 is 14.8 Å². The lowest BCUT2D eigenvalue weighted by Crippen LogP contribution is -2.31. The number of nitro benzene ring substituents is 1. The van der Waals surface area contributed by atoms with E-state index in [4.69, 9.17) is 9.47 Å². The van der Waals surface area contributed by atoms with Crippen molar-refractivity contribution in [2.24, 2.45) is 0 Å². The number of hydrogen-bond donors (Lipinski definition) is 1. The summed E-state index contributed by atoms with van der Waals surface area (Å²) in [6, 6.07) is 5.67. The van der Waals surface area contributed by atoms with E-state index in [0.29, 0.717) is 13.2 Å². The van der Waals surface area contributed by atoms with Gasteiger partial charge in [-0.05, 0) is 6.07 Å². The van der Waals surface area contributed by atoms with Crippen LogP contribution in [0.25, 0.3) is 0 Å². The molecule has 1 amide bonds. The van der Waals surface area contributed by atoms with Gasteiger partial charge in [-0.3, -0.25) is 14.9 Å². The van der Waals surface area contributed by atoms with E-state index in [1.54, 1.807) is 6.07 Å². The molecule has 1 rings (SSSR count). The van der Waals surface area contributed by atoms with Crippen LogP contribution in [-0.4, -0.2) is 37.7 Å². The van der Waals surface area contributed by atoms with Gasteiger partial charge in [0.2, 0.25) is 0 Å². The fraction of sp³-hybridized carbons (Fsp3) is 0.364. The summed E-state index contributed by atoms with van der Waals surface area (Å²) in [4.78, 5) is 21.3. The zero-order chi connectivity index (χ0) is 13.4. The van der Waals surface area contributed by atoms with Crippen LogP contribution < -0.4 is 10.1 Å². The van der Waals surface area contributed by atoms with Crippen LogP contribution in [0.4, 0.5) is 5.69 Å². The molecule has 0 fully saturated rings. The lowest BCUT2D eigenvalue weighted by molar-refractivity contribution is -0.384. The lowest BCUT2D eigenvalue weighted by Gasteiger charge is -2.06. The molecule has 0 radical (unpaired) electrons. The summed E-state index contributed by atoms with van der Waals surface area (Å²) in [7, 11) is 1.53. The predicted octanol–water partition coefficient (Wildman–Crippen LogP) is 0.736. The monoisotopic (exact) mass is 254 g/mol. The van der Waals surface area contributed by atoms with Gasteiger partial charge in [0, 0.05) is 19.7 Å². The van der Waals surface area contributed by atoms with Crippen molar-refractivity contribution in [3.05, 3.63) is 34.4 Å². The minimum atomic E-state index is -0.522. The first-order chi connectivity index (χ1) is 8.63. The molecule has 0 aliphatic rings. The Balaban J connectivity index is 2.41. The number of benzene rings is 1. The predicted molar refractivity (Wildman–Crippen MR) is 63.5 cm³/mol. The number of nitro groups is 1. The normalized spacial score (nSPS) is 9.83. The van der Waals surface area contributed by atoms with Crippen molar-refractivity contribution >= 4 is 11.6 Å². The van der Waals surface area contributed by atoms with Gasteiger partial charge >= 0.3 is 0 Å². The van der Waals surface area contributed by atoms with Crippen LogP contribution in [-0.2, 0) is 9.53 Å². The van der Waals surface area contributed by atoms with E-state index in [0.717, 1.165) is 0 Å². The molecule has 1 aromatic carbocycles. The Morgan fingerprint density at radius 1 is 1.50 bits per heavy atom. The lowest BCUT2D eigenvalue weighted by atomic mass is 10.3. The zero-order valence-corrected chi connectivity index (χ0v) is 9.92. The van der Waals surface area contributed by atoms with Gasteiger partial charge in [0.25, 0.3) is 11.6 Å². The largest absolute Gasteiger partial charge is 0.484 e. The van der Waals surface area contributed by atoms with Gasteiger partial charge in [0.05, 0.1) is 17.6 Å². The minimum absolute atomic E-state index is 0.0766. The molecule has 0 aromatic heterocycles. The fourth-order valence-corrected chi connectivity index (χ4v) is 1.18. The number of carbonyl (C=O) groups is 1. The van der Waals surface area contributed by atoms with E-state index >= 15 is 0 Å². The van der Waals surface area contributed by atoms with Crippen molar-refractivity contribution in [1.82, 2.24) is 5.32 Å². The van der Waals surface area contributed by atoms with Gasteiger partial charge in [-0.2, -0.15) is 0 Å². The summed E-state index contributed by atoms with van der Waals surface area (Å²) in [5.74, 6) is -0.0235. The Morgan fingerprint density at radius 3 is 2.94 bits per heavy atom. The molecule has 1 aromatic rings. The van der Waals surface area contributed by atoms with Crippen molar-refractivity contribution in [2.75, 3.05) is 26.9 Å². The molecule has 98 valence electrons. The highest BCUT2D eigenvalue weighted by atomic mass is 16.6. The second kappa shape index (κ2) is 7.23. The van der Waals surface area contributed by atoms with Crippen molar-refractivity contribution in [2.45, 2.75) is 0 Å². The first kappa shape index (κ1) is 13.9. The second-order valence-corrected chi connectivity index (χ2v) is 3.39. The molecule has 0 saturated carbocycles. The average Bonchev–Trinajstić information content (AvgIpc) is 2.37. The summed E-state index contributed by atoms with van der Waals surface area (Å²) in [5, 5.41) is 13.1. The number of amides is 1. The molecule has 0 aliphatic heterocycles. The van der Waals surface area contributed by atoms with Gasteiger partial charge in [0.1, 0.15) is 5.75 Å². The number of nitrogens with zero attached hydrogens (tertiary/aromatic N) is 1. The third-order valence-electron chi connectivity index (χ3n) is 2.03. The van der Waals surface area contributed by atoms with Gasteiger partial charge in [0.15, 0.2) is 6.61 Å². The molecule has 1 N–H and O–H groups in total. The molecular weight excluding hydrogens is 240 g/mol. The first-order valence-corrected chi connectivity index (χ1v) is 5.26. The van der Waals surface area contributed by atoms with Gasteiger partial charge in [-0.15, -0.1) is 0 Å². The van der Waals surface area contributed by atoms with Crippen LogP contribution in [0.5, 0.6) is 5.75 Å². The summed E-state index contributed by atoms with van der Waals surface area (Å²) < 4.78 is 9.90. The molecule has 0 bridgehead atoms. The third kappa shape index (κ3) is 4.79. The van der Waals surface area contributed by atoms with Crippen molar-refractivity contribution in [3.8, 4) is 5.75 Å². The van der Waals surface area contributed by atoms with Crippen LogP contribution in [0.3, 0.4) is 0 Å². The molecule has 0 spiro atoms. The molecule has 0 heterocycles. The number of methoxy groups -OCH3 is 1. The summed E-state index contributed by atoms with van der Waals surface area (Å²) >= 11 is 0. The highest BCUT2D eigenvalue weighted by molar-refractivity contribution is 5.77. The number of carbonyl (C=O) groups excluding carboxylic acids is 1. The topological polar surface area (TPSA) is 90.7 Å². The van der Waals surface area contributed by atoms with Crippen LogP contribution in [0, 0.1) is 10.1 Å². The van der Waals surface area contributed by atoms with Gasteiger partial charge in [-0.1, -0.05) is 6.07 Å². The Morgan fingerprint density at radius 2 is 2.28 bits per heavy atom. The summed E-state index contributed by atoms with van der Waals surface area (Å²) in [6.45, 7) is 0.626. The molecule has 7 heteroatoms. The van der Waals surface area contributed by atoms with Crippen LogP contribution in [0.15, 0.2) is 24.3 Å². The molecular formula is C11H14N2O5. The number of non-ortho nitro benzene ring substituents is 1. The molecule has 0 atom stereocenters. The zero-order valence-electron chi connectivity index (χ0n) is 9.92. The highest BCUT2D eigenvalue weighted by Gasteiger charge is 2.07. The Kier molecular flexibility index (Phi) is 5.59. The first-order valence-electron chi connectivity index (χ1n) is 5.26. The Bertz CT molecular complexity index is 422. The maximum atomic E-state index is 11.3. The summed E-state index contributed by atoms with van der Waals surface area (Å²) in [5.41, 5.74) is -0.0766. The fourth-order valence-electron chi connectivity index (χ4n) is 1.18. The SMILES string of the molecule is COCCNC(=O)COc1cccc([N+](=O)[O-])c1. The van der Waals surface area contributed by atoms with Crippen LogP contribution in [0.2, 0.25) is 0 Å². The Labute approximate surface area is 104 Å². The van der Waals surface area contributed by atoms with Crippen molar-refractivity contribution < 1.29 is 19.2 Å². The van der Waals surface area contributed by atoms with E-state index in [2.05, 4.69) is 5.32 Å². The third-order valence-corrected chi connectivity index (χ3v) is 2.03. The van der Waals surface area contributed by atoms with Crippen LogP contribution >= 0.6 is 0 Å². The second-order valence-electron chi connectivity index (χ2n) is 3.39.